The lowest BCUT2D eigenvalue weighted by Gasteiger charge is -2.35. The van der Waals surface area contributed by atoms with Crippen molar-refractivity contribution in [2.24, 2.45) is 5.73 Å². The second-order valence-corrected chi connectivity index (χ2v) is 8.34. The topological polar surface area (TPSA) is 82.8 Å². The van der Waals surface area contributed by atoms with Gasteiger partial charge in [0.1, 0.15) is 18.2 Å². The smallest absolute Gasteiger partial charge is 0.255 e. The zero-order valence-electron chi connectivity index (χ0n) is 17.8. The molecule has 0 radical (unpaired) electrons. The number of halogens is 1. The molecule has 4 heterocycles. The minimum atomic E-state index is -0.954. The van der Waals surface area contributed by atoms with Crippen LogP contribution in [0, 0.1) is 0 Å². The molecule has 0 spiro atoms. The standard InChI is InChI=1S/C23H28FN5O2/c1-15(2)22(30)29-10-7-19(12-20(29)25)28-9-3-5-16-11-17(13-26-21(16)28)23(31)27-8-4-6-18(24)14-27/h7,10-13,18,20H,1,3-6,8-9,14,25H2,2H3/t18-,20?/m0/s1. The molecule has 1 unspecified atom stereocenters. The Bertz CT molecular complexity index is 973. The molecule has 164 valence electrons. The van der Waals surface area contributed by atoms with E-state index in [-0.39, 0.29) is 18.4 Å². The predicted octanol–water partition coefficient (Wildman–Crippen LogP) is 2.51. The number of aryl methyl sites for hydroxylation is 1. The summed E-state index contributed by atoms with van der Waals surface area (Å²) in [5.41, 5.74) is 8.97. The monoisotopic (exact) mass is 425 g/mol. The predicted molar refractivity (Wildman–Crippen MR) is 117 cm³/mol. The molecule has 8 heteroatoms. The van der Waals surface area contributed by atoms with Gasteiger partial charge in [0.2, 0.25) is 0 Å². The molecule has 1 aromatic rings. The normalized spacial score (nSPS) is 23.3. The van der Waals surface area contributed by atoms with Gasteiger partial charge in [-0.1, -0.05) is 6.58 Å². The molecule has 2 atom stereocenters. The van der Waals surface area contributed by atoms with Crippen molar-refractivity contribution in [2.75, 3.05) is 24.5 Å². The largest absolute Gasteiger partial charge is 0.336 e. The quantitative estimate of drug-likeness (QED) is 0.753. The second-order valence-electron chi connectivity index (χ2n) is 8.34. The van der Waals surface area contributed by atoms with Crippen LogP contribution < -0.4 is 10.6 Å². The van der Waals surface area contributed by atoms with Crippen molar-refractivity contribution in [3.8, 4) is 0 Å². The molecule has 0 aromatic carbocycles. The van der Waals surface area contributed by atoms with E-state index in [1.54, 1.807) is 24.2 Å². The minimum absolute atomic E-state index is 0.150. The average molecular weight is 426 g/mol. The molecule has 1 aromatic heterocycles. The van der Waals surface area contributed by atoms with E-state index in [1.807, 2.05) is 18.2 Å². The molecule has 0 bridgehead atoms. The number of hydrogen-bond acceptors (Lipinski definition) is 5. The van der Waals surface area contributed by atoms with Crippen molar-refractivity contribution in [2.45, 2.75) is 44.9 Å². The average Bonchev–Trinajstić information content (AvgIpc) is 2.77. The van der Waals surface area contributed by atoms with Crippen LogP contribution in [0.15, 0.2) is 48.5 Å². The van der Waals surface area contributed by atoms with Gasteiger partial charge in [-0.05, 0) is 56.4 Å². The third-order valence-corrected chi connectivity index (χ3v) is 5.90. The molecular formula is C23H28FN5O2. The van der Waals surface area contributed by atoms with E-state index < -0.39 is 12.3 Å². The molecule has 3 aliphatic heterocycles. The molecule has 7 nitrogen and oxygen atoms in total. The first-order valence-corrected chi connectivity index (χ1v) is 10.7. The first kappa shape index (κ1) is 21.2. The van der Waals surface area contributed by atoms with Crippen LogP contribution in [-0.2, 0) is 11.2 Å². The highest BCUT2D eigenvalue weighted by atomic mass is 19.1. The van der Waals surface area contributed by atoms with Gasteiger partial charge in [0, 0.05) is 36.8 Å². The number of pyridine rings is 1. The molecule has 2 amide bonds. The Balaban J connectivity index is 1.55. The Morgan fingerprint density at radius 3 is 2.81 bits per heavy atom. The number of allylic oxidation sites excluding steroid dienone is 1. The van der Waals surface area contributed by atoms with E-state index in [4.69, 9.17) is 5.73 Å². The Kier molecular flexibility index (Phi) is 5.91. The van der Waals surface area contributed by atoms with Gasteiger partial charge in [-0.2, -0.15) is 0 Å². The highest BCUT2D eigenvalue weighted by Crippen LogP contribution is 2.31. The summed E-state index contributed by atoms with van der Waals surface area (Å²) in [5, 5.41) is 0. The number of fused-ring (bicyclic) bond motifs is 1. The number of rotatable bonds is 3. The fraction of sp³-hybridized carbons (Fsp3) is 0.435. The summed E-state index contributed by atoms with van der Waals surface area (Å²) < 4.78 is 13.7. The number of hydrogen-bond donors (Lipinski definition) is 1. The third-order valence-electron chi connectivity index (χ3n) is 5.90. The van der Waals surface area contributed by atoms with E-state index in [2.05, 4.69) is 16.5 Å². The first-order valence-electron chi connectivity index (χ1n) is 10.7. The van der Waals surface area contributed by atoms with Crippen molar-refractivity contribution < 1.29 is 14.0 Å². The lowest BCUT2D eigenvalue weighted by atomic mass is 10.0. The Morgan fingerprint density at radius 2 is 2.10 bits per heavy atom. The van der Waals surface area contributed by atoms with Crippen LogP contribution in [0.3, 0.4) is 0 Å². The molecule has 4 rings (SSSR count). The summed E-state index contributed by atoms with van der Waals surface area (Å²) in [6.45, 7) is 6.84. The van der Waals surface area contributed by atoms with Crippen LogP contribution >= 0.6 is 0 Å². The molecule has 1 fully saturated rings. The zero-order chi connectivity index (χ0) is 22.1. The van der Waals surface area contributed by atoms with Gasteiger partial charge >= 0.3 is 0 Å². The summed E-state index contributed by atoms with van der Waals surface area (Å²) in [6.07, 6.45) is 8.28. The van der Waals surface area contributed by atoms with E-state index in [9.17, 15) is 14.0 Å². The molecular weight excluding hydrogens is 397 g/mol. The van der Waals surface area contributed by atoms with Gasteiger partial charge < -0.3 is 15.5 Å². The summed E-state index contributed by atoms with van der Waals surface area (Å²) in [7, 11) is 0. The Hall–Kier alpha value is -3.00. The van der Waals surface area contributed by atoms with Gasteiger partial charge in [-0.25, -0.2) is 9.37 Å². The van der Waals surface area contributed by atoms with E-state index in [0.29, 0.717) is 30.5 Å². The van der Waals surface area contributed by atoms with Gasteiger partial charge in [0.05, 0.1) is 12.1 Å². The number of likely N-dealkylation sites (tertiary alicyclic amines) is 1. The van der Waals surface area contributed by atoms with Gasteiger partial charge in [-0.3, -0.25) is 14.5 Å². The van der Waals surface area contributed by atoms with Crippen molar-refractivity contribution in [1.82, 2.24) is 14.8 Å². The summed E-state index contributed by atoms with van der Waals surface area (Å²) >= 11 is 0. The molecule has 2 N–H and O–H groups in total. The van der Waals surface area contributed by atoms with E-state index in [1.165, 1.54) is 4.90 Å². The number of nitrogens with zero attached hydrogens (tertiary/aromatic N) is 4. The summed E-state index contributed by atoms with van der Waals surface area (Å²) in [6, 6.07) is 1.88. The van der Waals surface area contributed by atoms with E-state index >= 15 is 0 Å². The van der Waals surface area contributed by atoms with Crippen LogP contribution in [0.2, 0.25) is 0 Å². The number of alkyl halides is 1. The van der Waals surface area contributed by atoms with Crippen LogP contribution in [-0.4, -0.2) is 58.6 Å². The third kappa shape index (κ3) is 4.25. The van der Waals surface area contributed by atoms with Gasteiger partial charge in [0.25, 0.3) is 11.8 Å². The number of carbonyl (C=O) groups excluding carboxylic acids is 2. The second kappa shape index (κ2) is 8.63. The number of nitrogens with two attached hydrogens (primary N) is 1. The lowest BCUT2D eigenvalue weighted by Crippen LogP contribution is -2.44. The van der Waals surface area contributed by atoms with Gasteiger partial charge in [-0.15, -0.1) is 0 Å². The highest BCUT2D eigenvalue weighted by molar-refractivity contribution is 5.95. The van der Waals surface area contributed by atoms with Crippen molar-refractivity contribution in [3.05, 3.63) is 59.6 Å². The number of carbonyl (C=O) groups is 2. The maximum Gasteiger partial charge on any atom is 0.255 e. The molecule has 0 aliphatic carbocycles. The molecule has 1 saturated heterocycles. The fourth-order valence-corrected chi connectivity index (χ4v) is 4.29. The summed E-state index contributed by atoms with van der Waals surface area (Å²) in [5.74, 6) is 0.405. The van der Waals surface area contributed by atoms with Crippen LogP contribution in [0.5, 0.6) is 0 Å². The van der Waals surface area contributed by atoms with Crippen LogP contribution in [0.1, 0.15) is 42.1 Å². The summed E-state index contributed by atoms with van der Waals surface area (Å²) in [4.78, 5) is 34.7. The van der Waals surface area contributed by atoms with Crippen molar-refractivity contribution >= 4 is 17.6 Å². The number of amides is 2. The van der Waals surface area contributed by atoms with Gasteiger partial charge in [0.15, 0.2) is 0 Å². The minimum Gasteiger partial charge on any atom is -0.336 e. The molecule has 3 aliphatic rings. The molecule has 0 saturated carbocycles. The van der Waals surface area contributed by atoms with Crippen LogP contribution in [0.25, 0.3) is 0 Å². The maximum atomic E-state index is 13.7. The maximum absolute atomic E-state index is 13.7. The number of piperidine rings is 1. The van der Waals surface area contributed by atoms with Crippen molar-refractivity contribution in [1.29, 1.82) is 0 Å². The number of aromatic nitrogens is 1. The zero-order valence-corrected chi connectivity index (χ0v) is 17.8. The first-order chi connectivity index (χ1) is 14.8. The Morgan fingerprint density at radius 1 is 1.29 bits per heavy atom. The number of anilines is 1. The Labute approximate surface area is 181 Å². The molecule has 31 heavy (non-hydrogen) atoms. The lowest BCUT2D eigenvalue weighted by molar-refractivity contribution is -0.125. The highest BCUT2D eigenvalue weighted by Gasteiger charge is 2.28. The SMILES string of the molecule is C=C(C)C(=O)N1C=CC(N2CCCc3cc(C(=O)N4CCC[C@H](F)C4)cnc32)=CC1N. The van der Waals surface area contributed by atoms with Crippen LogP contribution in [0.4, 0.5) is 10.2 Å². The van der Waals surface area contributed by atoms with Crippen molar-refractivity contribution in [3.63, 3.8) is 0 Å². The fourth-order valence-electron chi connectivity index (χ4n) is 4.29. The van der Waals surface area contributed by atoms with E-state index in [0.717, 1.165) is 36.5 Å².